The van der Waals surface area contributed by atoms with Crippen molar-refractivity contribution in [2.75, 3.05) is 11.9 Å². The smallest absolute Gasteiger partial charge is 0.0992 e. The van der Waals surface area contributed by atoms with Gasteiger partial charge in [0, 0.05) is 16.2 Å². The number of nitrogens with one attached hydrogen (secondary N) is 1. The quantitative estimate of drug-likeness (QED) is 0.883. The second kappa shape index (κ2) is 5.74. The molecule has 4 heteroatoms. The summed E-state index contributed by atoms with van der Waals surface area (Å²) in [7, 11) is 0. The Labute approximate surface area is 97.9 Å². The van der Waals surface area contributed by atoms with Gasteiger partial charge in [0.25, 0.3) is 0 Å². The molecule has 0 heterocycles. The van der Waals surface area contributed by atoms with Gasteiger partial charge in [-0.3, -0.25) is 0 Å². The number of aliphatic hydroxyl groups excluding tert-OH is 1. The Morgan fingerprint density at radius 1 is 1.60 bits per heavy atom. The minimum Gasteiger partial charge on any atom is -0.394 e. The Kier molecular flexibility index (Phi) is 4.60. The third kappa shape index (κ3) is 3.22. The van der Waals surface area contributed by atoms with Gasteiger partial charge in [0.2, 0.25) is 0 Å². The molecule has 0 aliphatic rings. The Hall–Kier alpha value is -1.05. The fourth-order valence-corrected chi connectivity index (χ4v) is 1.69. The predicted octanol–water partition coefficient (Wildman–Crippen LogP) is 2.50. The van der Waals surface area contributed by atoms with Crippen LogP contribution in [0.2, 0.25) is 0 Å². The van der Waals surface area contributed by atoms with Crippen molar-refractivity contribution in [2.24, 2.45) is 0 Å². The molecule has 0 unspecified atom stereocenters. The Morgan fingerprint density at radius 2 is 2.33 bits per heavy atom. The van der Waals surface area contributed by atoms with Crippen LogP contribution in [0.15, 0.2) is 22.7 Å². The van der Waals surface area contributed by atoms with Gasteiger partial charge in [0.15, 0.2) is 0 Å². The third-order valence-electron chi connectivity index (χ3n) is 2.17. The fraction of sp³-hybridized carbons (Fsp3) is 0.364. The topological polar surface area (TPSA) is 56.0 Å². The van der Waals surface area contributed by atoms with Crippen LogP contribution in [0.1, 0.15) is 18.9 Å². The first-order valence-electron chi connectivity index (χ1n) is 4.78. The van der Waals surface area contributed by atoms with E-state index in [0.29, 0.717) is 5.56 Å². The summed E-state index contributed by atoms with van der Waals surface area (Å²) in [6.07, 6.45) is 0.850. The first-order valence-corrected chi connectivity index (χ1v) is 5.57. The molecule has 0 amide bonds. The number of rotatable bonds is 4. The largest absolute Gasteiger partial charge is 0.394 e. The van der Waals surface area contributed by atoms with Crippen molar-refractivity contribution >= 4 is 21.6 Å². The Morgan fingerprint density at radius 3 is 2.80 bits per heavy atom. The van der Waals surface area contributed by atoms with Gasteiger partial charge in [-0.15, -0.1) is 0 Å². The van der Waals surface area contributed by atoms with Crippen LogP contribution in [-0.2, 0) is 0 Å². The van der Waals surface area contributed by atoms with Crippen molar-refractivity contribution in [3.8, 4) is 6.07 Å². The van der Waals surface area contributed by atoms with E-state index in [2.05, 4.69) is 27.3 Å². The fourth-order valence-electron chi connectivity index (χ4n) is 1.20. The van der Waals surface area contributed by atoms with Crippen LogP contribution in [0.4, 0.5) is 5.69 Å². The second-order valence-electron chi connectivity index (χ2n) is 3.24. The van der Waals surface area contributed by atoms with Crippen LogP contribution in [0.3, 0.4) is 0 Å². The van der Waals surface area contributed by atoms with Gasteiger partial charge in [0.1, 0.15) is 0 Å². The SMILES string of the molecule is CC[C@@H](CO)Nc1ccc(C#N)cc1Br. The van der Waals surface area contributed by atoms with E-state index in [4.69, 9.17) is 10.4 Å². The summed E-state index contributed by atoms with van der Waals surface area (Å²) in [5, 5.41) is 20.9. The van der Waals surface area contributed by atoms with E-state index in [1.54, 1.807) is 12.1 Å². The highest BCUT2D eigenvalue weighted by molar-refractivity contribution is 9.10. The number of hydrogen-bond donors (Lipinski definition) is 2. The highest BCUT2D eigenvalue weighted by atomic mass is 79.9. The summed E-state index contributed by atoms with van der Waals surface area (Å²) in [6, 6.07) is 7.46. The number of aliphatic hydroxyl groups is 1. The maximum atomic E-state index is 9.05. The maximum absolute atomic E-state index is 9.05. The number of anilines is 1. The molecule has 1 aromatic carbocycles. The summed E-state index contributed by atoms with van der Waals surface area (Å²) in [5.41, 5.74) is 1.51. The second-order valence-corrected chi connectivity index (χ2v) is 4.09. The molecule has 1 rings (SSSR count). The van der Waals surface area contributed by atoms with E-state index in [1.807, 2.05) is 13.0 Å². The van der Waals surface area contributed by atoms with E-state index in [-0.39, 0.29) is 12.6 Å². The number of benzene rings is 1. The summed E-state index contributed by atoms with van der Waals surface area (Å²) in [5.74, 6) is 0. The van der Waals surface area contributed by atoms with Crippen LogP contribution < -0.4 is 5.32 Å². The van der Waals surface area contributed by atoms with Gasteiger partial charge < -0.3 is 10.4 Å². The molecule has 0 aliphatic heterocycles. The Bertz CT molecular complexity index is 369. The van der Waals surface area contributed by atoms with Crippen molar-refractivity contribution in [3.63, 3.8) is 0 Å². The minimum absolute atomic E-state index is 0.0502. The van der Waals surface area contributed by atoms with Crippen molar-refractivity contribution in [2.45, 2.75) is 19.4 Å². The molecule has 0 aromatic heterocycles. The van der Waals surface area contributed by atoms with Crippen LogP contribution >= 0.6 is 15.9 Å². The lowest BCUT2D eigenvalue weighted by Crippen LogP contribution is -2.22. The molecule has 80 valence electrons. The molecular weight excluding hydrogens is 256 g/mol. The average Bonchev–Trinajstić information content (AvgIpc) is 2.27. The summed E-state index contributed by atoms with van der Waals surface area (Å²) < 4.78 is 0.841. The molecule has 3 nitrogen and oxygen atoms in total. The number of nitriles is 1. The highest BCUT2D eigenvalue weighted by Gasteiger charge is 2.07. The highest BCUT2D eigenvalue weighted by Crippen LogP contribution is 2.24. The van der Waals surface area contributed by atoms with Crippen molar-refractivity contribution in [1.82, 2.24) is 0 Å². The monoisotopic (exact) mass is 268 g/mol. The molecule has 15 heavy (non-hydrogen) atoms. The van der Waals surface area contributed by atoms with Crippen molar-refractivity contribution in [1.29, 1.82) is 5.26 Å². The lowest BCUT2D eigenvalue weighted by Gasteiger charge is -2.16. The van der Waals surface area contributed by atoms with Gasteiger partial charge >= 0.3 is 0 Å². The van der Waals surface area contributed by atoms with Crippen LogP contribution in [-0.4, -0.2) is 17.8 Å². The number of halogens is 1. The molecule has 0 bridgehead atoms. The van der Waals surface area contributed by atoms with E-state index in [1.165, 1.54) is 0 Å². The van der Waals surface area contributed by atoms with E-state index >= 15 is 0 Å². The van der Waals surface area contributed by atoms with Crippen molar-refractivity contribution in [3.05, 3.63) is 28.2 Å². The van der Waals surface area contributed by atoms with Gasteiger partial charge in [0.05, 0.1) is 18.2 Å². The molecular formula is C11H13BrN2O. The molecule has 0 radical (unpaired) electrons. The Balaban J connectivity index is 2.83. The predicted molar refractivity (Wildman–Crippen MR) is 63.6 cm³/mol. The van der Waals surface area contributed by atoms with Crippen molar-refractivity contribution < 1.29 is 5.11 Å². The zero-order chi connectivity index (χ0) is 11.3. The first kappa shape index (κ1) is 12.0. The summed E-state index contributed by atoms with van der Waals surface area (Å²) in [4.78, 5) is 0. The van der Waals surface area contributed by atoms with E-state index < -0.39 is 0 Å². The number of hydrogen-bond acceptors (Lipinski definition) is 3. The standard InChI is InChI=1S/C11H13BrN2O/c1-2-9(7-15)14-11-4-3-8(6-13)5-10(11)12/h3-5,9,14-15H,2,7H2,1H3/t9-/m0/s1. The molecule has 2 N–H and O–H groups in total. The van der Waals surface area contributed by atoms with Gasteiger partial charge in [-0.1, -0.05) is 6.92 Å². The van der Waals surface area contributed by atoms with Gasteiger partial charge in [-0.2, -0.15) is 5.26 Å². The molecule has 1 atom stereocenters. The third-order valence-corrected chi connectivity index (χ3v) is 2.83. The molecule has 0 spiro atoms. The lowest BCUT2D eigenvalue weighted by molar-refractivity contribution is 0.272. The van der Waals surface area contributed by atoms with E-state index in [9.17, 15) is 0 Å². The zero-order valence-corrected chi connectivity index (χ0v) is 10.1. The molecule has 0 aliphatic carbocycles. The maximum Gasteiger partial charge on any atom is 0.0992 e. The zero-order valence-electron chi connectivity index (χ0n) is 8.50. The van der Waals surface area contributed by atoms with E-state index in [0.717, 1.165) is 16.6 Å². The van der Waals surface area contributed by atoms with Crippen LogP contribution in [0, 0.1) is 11.3 Å². The average molecular weight is 269 g/mol. The first-order chi connectivity index (χ1) is 7.21. The molecule has 1 aromatic rings. The molecule has 0 saturated heterocycles. The lowest BCUT2D eigenvalue weighted by atomic mass is 10.2. The number of nitrogens with zero attached hydrogens (tertiary/aromatic N) is 1. The minimum atomic E-state index is 0.0502. The molecule has 0 saturated carbocycles. The van der Waals surface area contributed by atoms with Crippen LogP contribution in [0.25, 0.3) is 0 Å². The normalized spacial score (nSPS) is 11.9. The summed E-state index contributed by atoms with van der Waals surface area (Å²) >= 11 is 3.38. The van der Waals surface area contributed by atoms with Crippen LogP contribution in [0.5, 0.6) is 0 Å². The van der Waals surface area contributed by atoms with Gasteiger partial charge in [-0.25, -0.2) is 0 Å². The molecule has 0 fully saturated rings. The van der Waals surface area contributed by atoms with Gasteiger partial charge in [-0.05, 0) is 40.5 Å². The summed E-state index contributed by atoms with van der Waals surface area (Å²) in [6.45, 7) is 2.11.